The van der Waals surface area contributed by atoms with Crippen LogP contribution in [0.1, 0.15) is 30.7 Å². The van der Waals surface area contributed by atoms with E-state index in [1.165, 1.54) is 12.1 Å². The van der Waals surface area contributed by atoms with Gasteiger partial charge in [-0.3, -0.25) is 4.79 Å². The summed E-state index contributed by atoms with van der Waals surface area (Å²) < 4.78 is 13.4. The highest BCUT2D eigenvalue weighted by Gasteiger charge is 2.51. The van der Waals surface area contributed by atoms with Crippen LogP contribution in [0, 0.1) is 23.6 Å². The van der Waals surface area contributed by atoms with E-state index in [1.54, 1.807) is 6.07 Å². The molecule has 2 saturated carbocycles. The van der Waals surface area contributed by atoms with Crippen LogP contribution in [-0.4, -0.2) is 11.9 Å². The van der Waals surface area contributed by atoms with Gasteiger partial charge in [0.15, 0.2) is 5.96 Å². The number of amides is 1. The molecule has 1 amide bonds. The number of rotatable bonds is 2. The minimum atomic E-state index is -0.265. The summed E-state index contributed by atoms with van der Waals surface area (Å²) in [6.07, 6.45) is 3.14. The standard InChI is InChI=1S/C15H18FN3O/c16-11-3-1-2-8(7-11)12-9-4-5-10(6-9)13(12)14(20)19-15(17)18/h1-3,7,9-10,12-13H,4-6H2,(H4,17,18,19,20)/t9?,10?,12-,13-/m1/s1. The summed E-state index contributed by atoms with van der Waals surface area (Å²) in [5, 5.41) is 0. The Morgan fingerprint density at radius 3 is 2.70 bits per heavy atom. The summed E-state index contributed by atoms with van der Waals surface area (Å²) in [5.41, 5.74) is 11.5. The fraction of sp³-hybridized carbons (Fsp3) is 0.467. The van der Waals surface area contributed by atoms with Crippen LogP contribution < -0.4 is 11.5 Å². The smallest absolute Gasteiger partial charge is 0.252 e. The van der Waals surface area contributed by atoms with E-state index in [9.17, 15) is 9.18 Å². The van der Waals surface area contributed by atoms with Gasteiger partial charge < -0.3 is 11.5 Å². The van der Waals surface area contributed by atoms with E-state index in [1.807, 2.05) is 6.07 Å². The molecule has 2 fully saturated rings. The average Bonchev–Trinajstić information content (AvgIpc) is 2.97. The molecule has 4 atom stereocenters. The summed E-state index contributed by atoms with van der Waals surface area (Å²) >= 11 is 0. The molecule has 106 valence electrons. The van der Waals surface area contributed by atoms with Gasteiger partial charge in [-0.05, 0) is 54.7 Å². The molecular weight excluding hydrogens is 257 g/mol. The van der Waals surface area contributed by atoms with Crippen LogP contribution in [0.4, 0.5) is 4.39 Å². The van der Waals surface area contributed by atoms with Crippen molar-refractivity contribution in [3.8, 4) is 0 Å². The molecule has 2 aliphatic rings. The third-order valence-electron chi connectivity index (χ3n) is 4.67. The van der Waals surface area contributed by atoms with Crippen molar-refractivity contribution in [1.29, 1.82) is 0 Å². The van der Waals surface area contributed by atoms with E-state index in [2.05, 4.69) is 4.99 Å². The number of aliphatic imine (C=N–C) groups is 1. The zero-order chi connectivity index (χ0) is 14.3. The van der Waals surface area contributed by atoms with Crippen LogP contribution in [0.3, 0.4) is 0 Å². The maximum Gasteiger partial charge on any atom is 0.252 e. The number of guanidine groups is 1. The number of fused-ring (bicyclic) bond motifs is 2. The van der Waals surface area contributed by atoms with Crippen LogP contribution in [0.2, 0.25) is 0 Å². The lowest BCUT2D eigenvalue weighted by Gasteiger charge is -2.29. The van der Waals surface area contributed by atoms with Crippen molar-refractivity contribution in [2.75, 3.05) is 0 Å². The molecule has 4 N–H and O–H groups in total. The summed E-state index contributed by atoms with van der Waals surface area (Å²) in [6, 6.07) is 6.54. The van der Waals surface area contributed by atoms with Crippen LogP contribution >= 0.6 is 0 Å². The average molecular weight is 275 g/mol. The second-order valence-corrected chi connectivity index (χ2v) is 5.81. The zero-order valence-electron chi connectivity index (χ0n) is 11.1. The molecule has 5 heteroatoms. The predicted octanol–water partition coefficient (Wildman–Crippen LogP) is 1.76. The number of halogens is 1. The molecule has 0 radical (unpaired) electrons. The van der Waals surface area contributed by atoms with E-state index in [-0.39, 0.29) is 29.5 Å². The van der Waals surface area contributed by atoms with Gasteiger partial charge >= 0.3 is 0 Å². The van der Waals surface area contributed by atoms with Gasteiger partial charge in [-0.1, -0.05) is 12.1 Å². The topological polar surface area (TPSA) is 81.5 Å². The Kier molecular flexibility index (Phi) is 3.20. The fourth-order valence-electron chi connectivity index (χ4n) is 4.04. The van der Waals surface area contributed by atoms with Gasteiger partial charge in [-0.2, -0.15) is 4.99 Å². The second kappa shape index (κ2) is 4.89. The van der Waals surface area contributed by atoms with E-state index in [0.717, 1.165) is 24.8 Å². The third kappa shape index (κ3) is 2.17. The van der Waals surface area contributed by atoms with Gasteiger partial charge in [0.1, 0.15) is 5.82 Å². The summed E-state index contributed by atoms with van der Waals surface area (Å²) in [5.74, 6) is -0.132. The Balaban J connectivity index is 1.95. The maximum absolute atomic E-state index is 13.4. The summed E-state index contributed by atoms with van der Waals surface area (Å²) in [7, 11) is 0. The number of nitrogens with two attached hydrogens (primary N) is 2. The molecule has 4 nitrogen and oxygen atoms in total. The minimum Gasteiger partial charge on any atom is -0.370 e. The molecule has 20 heavy (non-hydrogen) atoms. The molecule has 2 bridgehead atoms. The molecule has 2 unspecified atom stereocenters. The highest BCUT2D eigenvalue weighted by Crippen LogP contribution is 2.57. The van der Waals surface area contributed by atoms with E-state index in [0.29, 0.717) is 11.8 Å². The maximum atomic E-state index is 13.4. The largest absolute Gasteiger partial charge is 0.370 e. The number of carbonyl (C=O) groups is 1. The Hall–Kier alpha value is -1.91. The zero-order valence-corrected chi connectivity index (χ0v) is 11.1. The molecule has 0 heterocycles. The van der Waals surface area contributed by atoms with Gasteiger partial charge in [0.2, 0.25) is 0 Å². The second-order valence-electron chi connectivity index (χ2n) is 5.81. The first kappa shape index (κ1) is 13.1. The Morgan fingerprint density at radius 2 is 2.00 bits per heavy atom. The van der Waals surface area contributed by atoms with Crippen LogP contribution in [-0.2, 0) is 4.79 Å². The van der Waals surface area contributed by atoms with Crippen molar-refractivity contribution in [1.82, 2.24) is 0 Å². The monoisotopic (exact) mass is 275 g/mol. The van der Waals surface area contributed by atoms with Crippen molar-refractivity contribution in [2.45, 2.75) is 25.2 Å². The number of hydrogen-bond donors (Lipinski definition) is 2. The summed E-state index contributed by atoms with van der Waals surface area (Å²) in [6.45, 7) is 0. The molecule has 0 spiro atoms. The quantitative estimate of drug-likeness (QED) is 0.637. The number of nitrogens with zero attached hydrogens (tertiary/aromatic N) is 1. The molecule has 0 saturated heterocycles. The van der Waals surface area contributed by atoms with Crippen LogP contribution in [0.5, 0.6) is 0 Å². The Morgan fingerprint density at radius 1 is 1.25 bits per heavy atom. The van der Waals surface area contributed by atoms with Crippen molar-refractivity contribution >= 4 is 11.9 Å². The highest BCUT2D eigenvalue weighted by atomic mass is 19.1. The van der Waals surface area contributed by atoms with Gasteiger partial charge in [0.25, 0.3) is 5.91 Å². The first-order chi connectivity index (χ1) is 9.56. The highest BCUT2D eigenvalue weighted by molar-refractivity contribution is 5.93. The number of benzene rings is 1. The lowest BCUT2D eigenvalue weighted by Crippen LogP contribution is -2.31. The minimum absolute atomic E-state index is 0.0417. The molecule has 2 aliphatic carbocycles. The number of carbonyl (C=O) groups excluding carboxylic acids is 1. The van der Waals surface area contributed by atoms with Crippen molar-refractivity contribution in [3.63, 3.8) is 0 Å². The Labute approximate surface area is 117 Å². The molecule has 1 aromatic carbocycles. The molecular formula is C15H18FN3O. The van der Waals surface area contributed by atoms with Crippen molar-refractivity contribution in [2.24, 2.45) is 34.2 Å². The molecule has 1 aromatic rings. The molecule has 3 rings (SSSR count). The van der Waals surface area contributed by atoms with E-state index < -0.39 is 0 Å². The van der Waals surface area contributed by atoms with Gasteiger partial charge in [0, 0.05) is 0 Å². The first-order valence-corrected chi connectivity index (χ1v) is 6.95. The number of hydrogen-bond acceptors (Lipinski definition) is 1. The molecule has 0 aromatic heterocycles. The lowest BCUT2D eigenvalue weighted by molar-refractivity contribution is -0.123. The van der Waals surface area contributed by atoms with Crippen molar-refractivity contribution < 1.29 is 9.18 Å². The van der Waals surface area contributed by atoms with Crippen LogP contribution in [0.15, 0.2) is 29.3 Å². The Bertz CT molecular complexity index is 568. The van der Waals surface area contributed by atoms with Crippen molar-refractivity contribution in [3.05, 3.63) is 35.6 Å². The van der Waals surface area contributed by atoms with E-state index >= 15 is 0 Å². The SMILES string of the molecule is NC(N)=NC(=O)[C@@H]1C2CCC(C2)[C@H]1c1cccc(F)c1. The first-order valence-electron chi connectivity index (χ1n) is 6.95. The normalized spacial score (nSPS) is 31.2. The predicted molar refractivity (Wildman–Crippen MR) is 74.3 cm³/mol. The lowest BCUT2D eigenvalue weighted by atomic mass is 9.75. The fourth-order valence-corrected chi connectivity index (χ4v) is 4.04. The van der Waals surface area contributed by atoms with E-state index in [4.69, 9.17) is 11.5 Å². The third-order valence-corrected chi connectivity index (χ3v) is 4.67. The van der Waals surface area contributed by atoms with Gasteiger partial charge in [-0.15, -0.1) is 0 Å². The van der Waals surface area contributed by atoms with Gasteiger partial charge in [0.05, 0.1) is 5.92 Å². The van der Waals surface area contributed by atoms with Gasteiger partial charge in [-0.25, -0.2) is 4.39 Å². The molecule has 0 aliphatic heterocycles. The summed E-state index contributed by atoms with van der Waals surface area (Å²) in [4.78, 5) is 16.0. The van der Waals surface area contributed by atoms with Crippen LogP contribution in [0.25, 0.3) is 0 Å².